The summed E-state index contributed by atoms with van der Waals surface area (Å²) in [7, 11) is 0. The van der Waals surface area contributed by atoms with Crippen molar-refractivity contribution in [1.29, 1.82) is 0 Å². The van der Waals surface area contributed by atoms with E-state index in [1.165, 1.54) is 5.57 Å². The molecule has 0 bridgehead atoms. The highest BCUT2D eigenvalue weighted by Crippen LogP contribution is 2.40. The maximum atomic E-state index is 13.5. The Morgan fingerprint density at radius 1 is 0.923 bits per heavy atom. The van der Waals surface area contributed by atoms with Gasteiger partial charge in [-0.15, -0.1) is 0 Å². The molecule has 7 aliphatic rings. The molecule has 9 atom stereocenters. The standard InChI is InChI=1S/C37H60N10O5/c1-3-23(4-2)28-21-31(47-30(42-28)12-13-40-47)41-25-9-8-24(20-25)39-22-33(49)45-18-16-44(17-19-45)15-14-38-27-7-5-6-26-34(27)37(52)46(36(26)51)29-10-11-32(48)43-35(29)50/h3,24-31,34,38-42H,4-22H2,1-2H3,(H,43,48,50)/b23-3+/t24-,25-,26?,27?,28?,29?,30?,31?,34?/m0/s1. The van der Waals surface area contributed by atoms with Crippen molar-refractivity contribution in [2.45, 2.75) is 127 Å². The summed E-state index contributed by atoms with van der Waals surface area (Å²) in [5.41, 5.74) is 5.08. The van der Waals surface area contributed by atoms with Gasteiger partial charge >= 0.3 is 0 Å². The summed E-state index contributed by atoms with van der Waals surface area (Å²) >= 11 is 0. The first kappa shape index (κ1) is 37.5. The molecule has 15 heteroatoms. The first-order valence-electron chi connectivity index (χ1n) is 20.1. The largest absolute Gasteiger partial charge is 0.339 e. The van der Waals surface area contributed by atoms with E-state index in [-0.39, 0.29) is 42.5 Å². The number of likely N-dealkylation sites (tertiary alicyclic amines) is 1. The number of nitrogens with zero attached hydrogens (tertiary/aromatic N) is 4. The predicted octanol–water partition coefficient (Wildman–Crippen LogP) is -0.640. The number of piperidine rings is 1. The van der Waals surface area contributed by atoms with E-state index < -0.39 is 23.8 Å². The van der Waals surface area contributed by atoms with Crippen molar-refractivity contribution < 1.29 is 24.0 Å². The molecule has 5 heterocycles. The number of imide groups is 2. The second-order valence-electron chi connectivity index (χ2n) is 15.9. The summed E-state index contributed by atoms with van der Waals surface area (Å²) in [5.74, 6) is -2.18. The minimum atomic E-state index is -0.892. The molecule has 15 nitrogen and oxygen atoms in total. The van der Waals surface area contributed by atoms with E-state index in [0.29, 0.717) is 63.1 Å². The molecule has 0 aromatic rings. The van der Waals surface area contributed by atoms with Gasteiger partial charge in [0.1, 0.15) is 6.04 Å². The molecule has 2 aliphatic carbocycles. The maximum Gasteiger partial charge on any atom is 0.249 e. The third-order valence-corrected chi connectivity index (χ3v) is 12.9. The Balaban J connectivity index is 0.804. The van der Waals surface area contributed by atoms with Gasteiger partial charge in [0, 0.05) is 76.4 Å². The number of nitrogens with one attached hydrogen (secondary N) is 6. The number of piperazine rings is 1. The number of carbonyl (C=O) groups is 5. The molecule has 5 amide bonds. The van der Waals surface area contributed by atoms with Gasteiger partial charge in [0.15, 0.2) is 0 Å². The van der Waals surface area contributed by atoms with Crippen LogP contribution in [0, 0.1) is 11.8 Å². The van der Waals surface area contributed by atoms with Crippen LogP contribution in [0.4, 0.5) is 0 Å². The number of hydrogen-bond acceptors (Lipinski definition) is 12. The molecular weight excluding hydrogens is 664 g/mol. The summed E-state index contributed by atoms with van der Waals surface area (Å²) in [5, 5.41) is 19.6. The number of fused-ring (bicyclic) bond motifs is 2. The van der Waals surface area contributed by atoms with Crippen LogP contribution in [0.5, 0.6) is 0 Å². The molecular formula is C37H60N10O5. The van der Waals surface area contributed by atoms with Gasteiger partial charge < -0.3 is 15.5 Å². The lowest BCUT2D eigenvalue weighted by atomic mass is 9.77. The van der Waals surface area contributed by atoms with Crippen molar-refractivity contribution in [2.75, 3.05) is 52.4 Å². The number of hydrogen-bond donors (Lipinski definition) is 6. The number of hydrazine groups is 1. The SMILES string of the molecule is C/C=C(\CC)C1CC(N[C@H]2CC[C@H](NCC(=O)N3CCN(CCNC4CCCC5C(=O)N(C6CCC(=O)NC6=O)C(=O)C45)CC3)C2)N2NCCC2N1. The second-order valence-corrected chi connectivity index (χ2v) is 15.9. The zero-order chi connectivity index (χ0) is 36.4. The lowest BCUT2D eigenvalue weighted by molar-refractivity contribution is -0.151. The number of allylic oxidation sites excluding steroid dienone is 1. The third-order valence-electron chi connectivity index (χ3n) is 12.9. The first-order chi connectivity index (χ1) is 25.2. The van der Waals surface area contributed by atoms with Crippen molar-refractivity contribution in [3.05, 3.63) is 11.6 Å². The van der Waals surface area contributed by atoms with Crippen LogP contribution < -0.4 is 32.0 Å². The molecule has 7 unspecified atom stereocenters. The Bertz CT molecular complexity index is 1390. The van der Waals surface area contributed by atoms with E-state index in [2.05, 4.69) is 61.8 Å². The molecule has 0 spiro atoms. The van der Waals surface area contributed by atoms with Crippen LogP contribution >= 0.6 is 0 Å². The average Bonchev–Trinajstić information content (AvgIpc) is 3.87. The van der Waals surface area contributed by atoms with Gasteiger partial charge in [-0.2, -0.15) is 0 Å². The topological polar surface area (TPSA) is 170 Å². The first-order valence-corrected chi connectivity index (χ1v) is 20.1. The van der Waals surface area contributed by atoms with Gasteiger partial charge in [-0.3, -0.25) is 55.1 Å². The van der Waals surface area contributed by atoms with Crippen molar-refractivity contribution in [1.82, 2.24) is 51.7 Å². The number of amides is 5. The monoisotopic (exact) mass is 724 g/mol. The van der Waals surface area contributed by atoms with Crippen LogP contribution in [0.1, 0.15) is 84.5 Å². The fraction of sp³-hybridized carbons (Fsp3) is 0.811. The predicted molar refractivity (Wildman–Crippen MR) is 194 cm³/mol. The molecule has 52 heavy (non-hydrogen) atoms. The highest BCUT2D eigenvalue weighted by molar-refractivity contribution is 6.11. The quantitative estimate of drug-likeness (QED) is 0.111. The van der Waals surface area contributed by atoms with Crippen LogP contribution in [-0.2, 0) is 24.0 Å². The normalized spacial score (nSPS) is 36.3. The fourth-order valence-corrected chi connectivity index (χ4v) is 10.1. The van der Waals surface area contributed by atoms with Crippen molar-refractivity contribution in [3.63, 3.8) is 0 Å². The molecule has 2 saturated carbocycles. The fourth-order valence-electron chi connectivity index (χ4n) is 10.1. The van der Waals surface area contributed by atoms with Crippen LogP contribution in [0.3, 0.4) is 0 Å². The van der Waals surface area contributed by atoms with E-state index in [1.54, 1.807) is 0 Å². The van der Waals surface area contributed by atoms with Gasteiger partial charge in [-0.05, 0) is 64.7 Å². The molecule has 7 rings (SSSR count). The van der Waals surface area contributed by atoms with Crippen molar-refractivity contribution in [2.24, 2.45) is 11.8 Å². The summed E-state index contributed by atoms with van der Waals surface area (Å²) < 4.78 is 0. The number of carbonyl (C=O) groups excluding carboxylic acids is 5. The zero-order valence-corrected chi connectivity index (χ0v) is 31.0. The number of rotatable bonds is 12. The van der Waals surface area contributed by atoms with Crippen LogP contribution in [0.2, 0.25) is 0 Å². The van der Waals surface area contributed by atoms with E-state index >= 15 is 0 Å². The van der Waals surface area contributed by atoms with Gasteiger partial charge in [-0.25, -0.2) is 5.01 Å². The Kier molecular flexibility index (Phi) is 12.1. The van der Waals surface area contributed by atoms with Gasteiger partial charge in [0.2, 0.25) is 29.5 Å². The molecule has 7 fully saturated rings. The second kappa shape index (κ2) is 16.7. The van der Waals surface area contributed by atoms with Crippen LogP contribution in [0.15, 0.2) is 11.6 Å². The molecule has 0 aromatic carbocycles. The van der Waals surface area contributed by atoms with Crippen molar-refractivity contribution in [3.8, 4) is 0 Å². The van der Waals surface area contributed by atoms with Gasteiger partial charge in [-0.1, -0.05) is 25.0 Å². The zero-order valence-electron chi connectivity index (χ0n) is 31.0. The average molecular weight is 725 g/mol. The highest BCUT2D eigenvalue weighted by Gasteiger charge is 2.55. The van der Waals surface area contributed by atoms with E-state index in [0.717, 1.165) is 82.4 Å². The Labute approximate surface area is 307 Å². The molecule has 0 aromatic heterocycles. The lowest BCUT2D eigenvalue weighted by Gasteiger charge is -2.44. The third kappa shape index (κ3) is 8.01. The van der Waals surface area contributed by atoms with E-state index in [9.17, 15) is 24.0 Å². The Morgan fingerprint density at radius 3 is 2.50 bits per heavy atom. The maximum absolute atomic E-state index is 13.5. The Hall–Kier alpha value is -2.79. The minimum Gasteiger partial charge on any atom is -0.339 e. The molecule has 5 aliphatic heterocycles. The van der Waals surface area contributed by atoms with Crippen LogP contribution in [0.25, 0.3) is 0 Å². The molecule has 288 valence electrons. The highest BCUT2D eigenvalue weighted by atomic mass is 16.2. The van der Waals surface area contributed by atoms with Crippen molar-refractivity contribution >= 4 is 29.5 Å². The summed E-state index contributed by atoms with van der Waals surface area (Å²) in [6.45, 7) is 10.2. The van der Waals surface area contributed by atoms with E-state index in [1.807, 2.05) is 4.90 Å². The summed E-state index contributed by atoms with van der Waals surface area (Å²) in [4.78, 5) is 69.6. The molecule has 5 saturated heterocycles. The lowest BCUT2D eigenvalue weighted by Crippen LogP contribution is -2.65. The summed E-state index contributed by atoms with van der Waals surface area (Å²) in [6.07, 6.45) is 12.0. The van der Waals surface area contributed by atoms with Gasteiger partial charge in [0.05, 0.1) is 30.7 Å². The Morgan fingerprint density at radius 2 is 1.73 bits per heavy atom. The van der Waals surface area contributed by atoms with E-state index in [4.69, 9.17) is 0 Å². The smallest absolute Gasteiger partial charge is 0.249 e. The van der Waals surface area contributed by atoms with Gasteiger partial charge in [0.25, 0.3) is 0 Å². The summed E-state index contributed by atoms with van der Waals surface area (Å²) in [6, 6.07) is 0.171. The molecule has 6 N–H and O–H groups in total. The minimum absolute atomic E-state index is 0.120. The molecule has 0 radical (unpaired) electrons. The van der Waals surface area contributed by atoms with Crippen LogP contribution in [-0.4, -0.2) is 144 Å².